The molecule has 1 amide bonds. The second kappa shape index (κ2) is 7.87. The van der Waals surface area contributed by atoms with Crippen LogP contribution in [0.5, 0.6) is 5.75 Å². The van der Waals surface area contributed by atoms with E-state index >= 15 is 0 Å². The summed E-state index contributed by atoms with van der Waals surface area (Å²) in [5.41, 5.74) is 2.98. The van der Waals surface area contributed by atoms with Gasteiger partial charge in [0, 0.05) is 5.56 Å². The minimum absolute atomic E-state index is 0.327. The second-order valence-corrected chi connectivity index (χ2v) is 7.63. The number of aromatic nitrogens is 2. The number of carbonyl (C=O) groups is 2. The van der Waals surface area contributed by atoms with Crippen molar-refractivity contribution in [2.45, 2.75) is 26.7 Å². The van der Waals surface area contributed by atoms with E-state index in [0.717, 1.165) is 22.5 Å². The lowest BCUT2D eigenvalue weighted by Gasteiger charge is -2.29. The van der Waals surface area contributed by atoms with Gasteiger partial charge < -0.3 is 15.2 Å². The normalized spacial score (nSPS) is 19.7. The Balaban J connectivity index is 1.74. The van der Waals surface area contributed by atoms with Crippen LogP contribution < -0.4 is 10.1 Å². The summed E-state index contributed by atoms with van der Waals surface area (Å²) in [6, 6.07) is 7.38. The maximum absolute atomic E-state index is 12.7. The van der Waals surface area contributed by atoms with Crippen molar-refractivity contribution < 1.29 is 19.4 Å². The average Bonchev–Trinajstić information content (AvgIpc) is 3.11. The van der Waals surface area contributed by atoms with Gasteiger partial charge in [0.05, 0.1) is 18.9 Å². The van der Waals surface area contributed by atoms with Crippen molar-refractivity contribution in [3.63, 3.8) is 0 Å². The van der Waals surface area contributed by atoms with E-state index in [2.05, 4.69) is 15.5 Å². The van der Waals surface area contributed by atoms with E-state index in [0.29, 0.717) is 23.0 Å². The summed E-state index contributed by atoms with van der Waals surface area (Å²) in [4.78, 5) is 24.3. The molecule has 7 nitrogen and oxygen atoms in total. The molecule has 0 bridgehead atoms. The van der Waals surface area contributed by atoms with E-state index in [4.69, 9.17) is 4.74 Å². The molecule has 0 radical (unpaired) electrons. The van der Waals surface area contributed by atoms with Gasteiger partial charge in [-0.2, -0.15) is 0 Å². The molecular formula is C19H21N3O4S. The maximum atomic E-state index is 12.7. The van der Waals surface area contributed by atoms with Gasteiger partial charge in [0.15, 0.2) is 0 Å². The van der Waals surface area contributed by atoms with Gasteiger partial charge in [-0.25, -0.2) is 0 Å². The molecule has 142 valence electrons. The first kappa shape index (κ1) is 19.0. The molecule has 0 saturated heterocycles. The highest BCUT2D eigenvalue weighted by atomic mass is 32.1. The van der Waals surface area contributed by atoms with Crippen molar-refractivity contribution in [3.8, 4) is 16.3 Å². The average molecular weight is 387 g/mol. The molecule has 0 spiro atoms. The van der Waals surface area contributed by atoms with Crippen molar-refractivity contribution in [1.82, 2.24) is 10.2 Å². The molecule has 2 N–H and O–H groups in total. The lowest BCUT2D eigenvalue weighted by molar-refractivity contribution is -0.146. The van der Waals surface area contributed by atoms with Crippen LogP contribution in [0.4, 0.5) is 5.13 Å². The third-order valence-electron chi connectivity index (χ3n) is 4.91. The van der Waals surface area contributed by atoms with Crippen molar-refractivity contribution in [2.24, 2.45) is 11.8 Å². The fraction of sp³-hybridized carbons (Fsp3) is 0.368. The van der Waals surface area contributed by atoms with Crippen LogP contribution in [-0.4, -0.2) is 34.3 Å². The lowest BCUT2D eigenvalue weighted by atomic mass is 9.76. The highest BCUT2D eigenvalue weighted by Crippen LogP contribution is 2.35. The number of benzene rings is 1. The first-order valence-corrected chi connectivity index (χ1v) is 9.37. The van der Waals surface area contributed by atoms with Crippen LogP contribution in [-0.2, 0) is 9.59 Å². The summed E-state index contributed by atoms with van der Waals surface area (Å²) in [7, 11) is 1.60. The molecule has 0 unspecified atom stereocenters. The summed E-state index contributed by atoms with van der Waals surface area (Å²) < 4.78 is 5.13. The highest BCUT2D eigenvalue weighted by molar-refractivity contribution is 7.18. The van der Waals surface area contributed by atoms with Crippen molar-refractivity contribution in [2.75, 3.05) is 12.4 Å². The first-order valence-electron chi connectivity index (χ1n) is 8.56. The number of carbonyl (C=O) groups excluding carboxylic acids is 1. The third kappa shape index (κ3) is 4.16. The molecule has 1 heterocycles. The molecule has 0 fully saturated rings. The highest BCUT2D eigenvalue weighted by Gasteiger charge is 2.37. The Morgan fingerprint density at radius 1 is 1.11 bits per heavy atom. The molecule has 2 aromatic rings. The first-order chi connectivity index (χ1) is 12.9. The molecule has 0 saturated carbocycles. The minimum atomic E-state index is -0.946. The van der Waals surface area contributed by atoms with E-state index in [1.165, 1.54) is 11.3 Å². The predicted molar refractivity (Wildman–Crippen MR) is 103 cm³/mol. The van der Waals surface area contributed by atoms with Gasteiger partial charge in [-0.05, 0) is 51.0 Å². The number of ether oxygens (including phenoxy) is 1. The van der Waals surface area contributed by atoms with Crippen LogP contribution in [0.3, 0.4) is 0 Å². The van der Waals surface area contributed by atoms with Gasteiger partial charge in [-0.1, -0.05) is 22.5 Å². The van der Waals surface area contributed by atoms with Crippen LogP contribution in [0.2, 0.25) is 0 Å². The summed E-state index contributed by atoms with van der Waals surface area (Å²) in [5.74, 6) is -1.86. The molecule has 1 aromatic heterocycles. The van der Waals surface area contributed by atoms with Gasteiger partial charge in [0.2, 0.25) is 11.0 Å². The SMILES string of the molecule is COc1ccc(-c2nnc(NC(=O)[C@H]3CC(C)=C(C)C[C@@H]3C(=O)O)s2)cc1. The topological polar surface area (TPSA) is 101 Å². The second-order valence-electron chi connectivity index (χ2n) is 6.65. The Morgan fingerprint density at radius 3 is 2.33 bits per heavy atom. The van der Waals surface area contributed by atoms with Gasteiger partial charge in [-0.15, -0.1) is 10.2 Å². The molecule has 1 aromatic carbocycles. The molecule has 0 aliphatic heterocycles. The fourth-order valence-electron chi connectivity index (χ4n) is 3.15. The zero-order valence-corrected chi connectivity index (χ0v) is 16.2. The van der Waals surface area contributed by atoms with E-state index in [-0.39, 0.29) is 5.91 Å². The summed E-state index contributed by atoms with van der Waals surface area (Å²) in [6.07, 6.45) is 0.839. The van der Waals surface area contributed by atoms with E-state index in [1.807, 2.05) is 38.1 Å². The number of aliphatic carboxylic acids is 1. The van der Waals surface area contributed by atoms with E-state index in [9.17, 15) is 14.7 Å². The van der Waals surface area contributed by atoms with Crippen molar-refractivity contribution in [3.05, 3.63) is 35.4 Å². The van der Waals surface area contributed by atoms with Gasteiger partial charge in [0.1, 0.15) is 10.8 Å². The molecule has 1 aliphatic carbocycles. The molecule has 27 heavy (non-hydrogen) atoms. The lowest BCUT2D eigenvalue weighted by Crippen LogP contribution is -2.36. The number of rotatable bonds is 5. The number of hydrogen-bond donors (Lipinski definition) is 2. The number of nitrogens with zero attached hydrogens (tertiary/aromatic N) is 2. The Kier molecular flexibility index (Phi) is 5.55. The zero-order chi connectivity index (χ0) is 19.6. The number of carboxylic acids is 1. The molecular weight excluding hydrogens is 366 g/mol. The van der Waals surface area contributed by atoms with Crippen LogP contribution in [0, 0.1) is 11.8 Å². The zero-order valence-electron chi connectivity index (χ0n) is 15.4. The predicted octanol–water partition coefficient (Wildman–Crippen LogP) is 3.60. The Morgan fingerprint density at radius 2 is 1.74 bits per heavy atom. The van der Waals surface area contributed by atoms with Crippen LogP contribution in [0.1, 0.15) is 26.7 Å². The molecule has 1 aliphatic rings. The summed E-state index contributed by atoms with van der Waals surface area (Å²) in [6.45, 7) is 3.87. The molecule has 8 heteroatoms. The third-order valence-corrected chi connectivity index (χ3v) is 5.80. The van der Waals surface area contributed by atoms with Gasteiger partial charge >= 0.3 is 5.97 Å². The van der Waals surface area contributed by atoms with Crippen molar-refractivity contribution >= 4 is 28.3 Å². The smallest absolute Gasteiger partial charge is 0.307 e. The van der Waals surface area contributed by atoms with Crippen LogP contribution in [0.15, 0.2) is 35.4 Å². The number of anilines is 1. The van der Waals surface area contributed by atoms with E-state index < -0.39 is 17.8 Å². The number of amides is 1. The monoisotopic (exact) mass is 387 g/mol. The number of hydrogen-bond acceptors (Lipinski definition) is 6. The van der Waals surface area contributed by atoms with Gasteiger partial charge in [-0.3, -0.25) is 9.59 Å². The maximum Gasteiger partial charge on any atom is 0.307 e. The van der Waals surface area contributed by atoms with Gasteiger partial charge in [0.25, 0.3) is 0 Å². The quantitative estimate of drug-likeness (QED) is 0.760. The minimum Gasteiger partial charge on any atom is -0.497 e. The van der Waals surface area contributed by atoms with Crippen LogP contribution >= 0.6 is 11.3 Å². The Hall–Kier alpha value is -2.74. The molecule has 2 atom stereocenters. The number of carboxylic acid groups (broad SMARTS) is 1. The Labute approximate surface area is 161 Å². The molecule has 3 rings (SSSR count). The Bertz CT molecular complexity index is 889. The fourth-order valence-corrected chi connectivity index (χ4v) is 3.90. The largest absolute Gasteiger partial charge is 0.497 e. The van der Waals surface area contributed by atoms with E-state index in [1.54, 1.807) is 7.11 Å². The number of allylic oxidation sites excluding steroid dienone is 2. The number of methoxy groups -OCH3 is 1. The number of nitrogens with one attached hydrogen (secondary N) is 1. The van der Waals surface area contributed by atoms with Crippen LogP contribution in [0.25, 0.3) is 10.6 Å². The standard InChI is InChI=1S/C19H21N3O4S/c1-10-8-14(15(18(24)25)9-11(10)2)16(23)20-19-22-21-17(27-19)12-4-6-13(26-3)7-5-12/h4-7,14-15H,8-9H2,1-3H3,(H,24,25)(H,20,22,23)/t14-,15-/m0/s1. The summed E-state index contributed by atoms with van der Waals surface area (Å²) in [5, 5.41) is 21.4. The van der Waals surface area contributed by atoms with Crippen molar-refractivity contribution in [1.29, 1.82) is 0 Å². The summed E-state index contributed by atoms with van der Waals surface area (Å²) >= 11 is 1.25.